The fourth-order valence-electron chi connectivity index (χ4n) is 4.48. The van der Waals surface area contributed by atoms with Crippen LogP contribution in [0.2, 0.25) is 0 Å². The van der Waals surface area contributed by atoms with Crippen molar-refractivity contribution in [2.24, 2.45) is 5.92 Å². The summed E-state index contributed by atoms with van der Waals surface area (Å²) in [4.78, 5) is 33.4. The number of amides is 2. The number of anilines is 1. The second kappa shape index (κ2) is 6.61. The number of piperidine rings is 3. The number of nitrogens with zero attached hydrogens (tertiary/aromatic N) is 3. The lowest BCUT2D eigenvalue weighted by atomic mass is 9.84. The molecule has 2 N–H and O–H groups in total. The number of furan rings is 1. The molecule has 0 aliphatic carbocycles. The van der Waals surface area contributed by atoms with Crippen LogP contribution in [0.4, 0.5) is 5.69 Å². The quantitative estimate of drug-likeness (QED) is 0.823. The zero-order valence-corrected chi connectivity index (χ0v) is 15.1. The van der Waals surface area contributed by atoms with Crippen molar-refractivity contribution in [2.75, 3.05) is 44.2 Å². The molecule has 4 aliphatic heterocycles. The predicted octanol–water partition coefficient (Wildman–Crippen LogP) is 0.588. The van der Waals surface area contributed by atoms with E-state index in [4.69, 9.17) is 4.42 Å². The van der Waals surface area contributed by atoms with Crippen LogP contribution in [0.5, 0.6) is 0 Å². The van der Waals surface area contributed by atoms with Crippen LogP contribution >= 0.6 is 0 Å². The summed E-state index contributed by atoms with van der Waals surface area (Å²) in [7, 11) is 0. The van der Waals surface area contributed by atoms with Gasteiger partial charge >= 0.3 is 0 Å². The van der Waals surface area contributed by atoms with E-state index in [1.807, 2.05) is 0 Å². The summed E-state index contributed by atoms with van der Waals surface area (Å²) in [5.41, 5.74) is 1.65. The average molecular weight is 369 g/mol. The number of rotatable bonds is 3. The zero-order chi connectivity index (χ0) is 18.4. The highest BCUT2D eigenvalue weighted by Crippen LogP contribution is 2.30. The molecule has 142 valence electrons. The average Bonchev–Trinajstić information content (AvgIpc) is 3.12. The Balaban J connectivity index is 1.39. The van der Waals surface area contributed by atoms with Gasteiger partial charge in [-0.15, -0.1) is 0 Å². The third kappa shape index (κ3) is 2.98. The van der Waals surface area contributed by atoms with Gasteiger partial charge in [-0.25, -0.2) is 4.98 Å². The molecule has 6 rings (SSSR count). The second-order valence-corrected chi connectivity index (χ2v) is 7.63. The van der Waals surface area contributed by atoms with E-state index in [1.165, 1.54) is 0 Å². The number of nitrogens with one attached hydrogen (secondary N) is 2. The van der Waals surface area contributed by atoms with Gasteiger partial charge in [0.25, 0.3) is 5.91 Å². The molecule has 4 fully saturated rings. The Hall–Kier alpha value is -2.45. The summed E-state index contributed by atoms with van der Waals surface area (Å²) >= 11 is 0. The van der Waals surface area contributed by atoms with Gasteiger partial charge < -0.3 is 24.9 Å². The molecule has 0 spiro atoms. The van der Waals surface area contributed by atoms with E-state index in [-0.39, 0.29) is 17.9 Å². The highest BCUT2D eigenvalue weighted by molar-refractivity contribution is 6.05. The Morgan fingerprint density at radius 3 is 2.89 bits per heavy atom. The number of carbonyl (C=O) groups is 2. The normalized spacial score (nSPS) is 27.9. The van der Waals surface area contributed by atoms with Gasteiger partial charge in [-0.05, 0) is 37.9 Å². The molecule has 8 heteroatoms. The van der Waals surface area contributed by atoms with E-state index in [9.17, 15) is 9.59 Å². The molecule has 0 radical (unpaired) electrons. The first-order valence-electron chi connectivity index (χ1n) is 9.60. The monoisotopic (exact) mass is 369 g/mol. The summed E-state index contributed by atoms with van der Waals surface area (Å²) in [6, 6.07) is 1.93. The highest BCUT2D eigenvalue weighted by atomic mass is 16.3. The maximum absolute atomic E-state index is 12.8. The largest absolute Gasteiger partial charge is 0.460 e. The highest BCUT2D eigenvalue weighted by Gasteiger charge is 2.35. The van der Waals surface area contributed by atoms with Gasteiger partial charge in [-0.3, -0.25) is 9.59 Å². The van der Waals surface area contributed by atoms with Crippen molar-refractivity contribution in [1.29, 1.82) is 0 Å². The predicted molar refractivity (Wildman–Crippen MR) is 99.6 cm³/mol. The number of carbonyl (C=O) groups excluding carboxylic acids is 2. The maximum Gasteiger partial charge on any atom is 0.270 e. The van der Waals surface area contributed by atoms with E-state index in [0.29, 0.717) is 36.0 Å². The van der Waals surface area contributed by atoms with Crippen LogP contribution in [-0.2, 0) is 4.79 Å². The molecule has 0 saturated carbocycles. The lowest BCUT2D eigenvalue weighted by molar-refractivity contribution is -0.118. The molecular weight excluding hydrogens is 346 g/mol. The Kier molecular flexibility index (Phi) is 4.09. The standard InChI is InChI=1S/C19H23N5O3/c25-18-9-20-3-6-24(18)16-11-27-17-8-21-14(7-13(16)17)19(26)22-15-10-23-4-1-12(15)2-5-23/h7-8,11-12,15,20H,1-6,9-10H2,(H,22,26)/t15-/m0/s1. The van der Waals surface area contributed by atoms with E-state index >= 15 is 0 Å². The first kappa shape index (κ1) is 16.7. The van der Waals surface area contributed by atoms with Crippen LogP contribution in [0.1, 0.15) is 23.3 Å². The van der Waals surface area contributed by atoms with E-state index in [1.54, 1.807) is 23.4 Å². The van der Waals surface area contributed by atoms with Crippen molar-refractivity contribution in [2.45, 2.75) is 18.9 Å². The van der Waals surface area contributed by atoms with Gasteiger partial charge in [-0.2, -0.15) is 0 Å². The van der Waals surface area contributed by atoms with Crippen molar-refractivity contribution >= 4 is 28.5 Å². The van der Waals surface area contributed by atoms with Crippen LogP contribution in [0.25, 0.3) is 11.0 Å². The van der Waals surface area contributed by atoms with Gasteiger partial charge in [0.15, 0.2) is 5.58 Å². The Morgan fingerprint density at radius 1 is 1.30 bits per heavy atom. The summed E-state index contributed by atoms with van der Waals surface area (Å²) in [6.45, 7) is 4.82. The van der Waals surface area contributed by atoms with Crippen LogP contribution in [0, 0.1) is 5.92 Å². The number of aromatic nitrogens is 1. The topological polar surface area (TPSA) is 90.7 Å². The number of pyridine rings is 1. The van der Waals surface area contributed by atoms with Crippen LogP contribution in [-0.4, -0.2) is 67.0 Å². The number of fused-ring (bicyclic) bond motifs is 4. The fraction of sp³-hybridized carbons (Fsp3) is 0.526. The molecule has 0 aromatic carbocycles. The van der Waals surface area contributed by atoms with E-state index in [2.05, 4.69) is 20.5 Å². The SMILES string of the molecule is O=C(N[C@H]1CN2CCC1CC2)c1cc2c(N3CCNCC3=O)coc2cn1. The first-order chi connectivity index (χ1) is 13.2. The van der Waals surface area contributed by atoms with Gasteiger partial charge in [-0.1, -0.05) is 0 Å². The summed E-state index contributed by atoms with van der Waals surface area (Å²) in [5.74, 6) is 0.402. The summed E-state index contributed by atoms with van der Waals surface area (Å²) in [6.07, 6.45) is 5.43. The van der Waals surface area contributed by atoms with Gasteiger partial charge in [0.1, 0.15) is 12.0 Å². The third-order valence-corrected chi connectivity index (χ3v) is 6.03. The molecule has 2 bridgehead atoms. The molecular formula is C19H23N5O3. The van der Waals surface area contributed by atoms with Crippen molar-refractivity contribution in [3.63, 3.8) is 0 Å². The molecule has 1 atom stereocenters. The van der Waals surface area contributed by atoms with Crippen molar-refractivity contribution in [3.8, 4) is 0 Å². The fourth-order valence-corrected chi connectivity index (χ4v) is 4.48. The maximum atomic E-state index is 12.8. The summed E-state index contributed by atoms with van der Waals surface area (Å²) < 4.78 is 5.56. The van der Waals surface area contributed by atoms with Crippen molar-refractivity contribution in [1.82, 2.24) is 20.5 Å². The minimum absolute atomic E-state index is 0.000885. The number of hydrogen-bond acceptors (Lipinski definition) is 6. The van der Waals surface area contributed by atoms with Gasteiger partial charge in [0.2, 0.25) is 5.91 Å². The van der Waals surface area contributed by atoms with Gasteiger partial charge in [0.05, 0.1) is 18.4 Å². The van der Waals surface area contributed by atoms with Crippen LogP contribution < -0.4 is 15.5 Å². The van der Waals surface area contributed by atoms with Gasteiger partial charge in [0, 0.05) is 31.1 Å². The Morgan fingerprint density at radius 2 is 2.15 bits per heavy atom. The minimum atomic E-state index is -0.158. The molecule has 4 aliphatic rings. The number of hydrogen-bond donors (Lipinski definition) is 2. The Labute approximate surface area is 156 Å². The molecule has 2 aromatic heterocycles. The molecule has 6 heterocycles. The van der Waals surface area contributed by atoms with Crippen molar-refractivity contribution < 1.29 is 14.0 Å². The lowest BCUT2D eigenvalue weighted by Crippen LogP contribution is -2.57. The molecule has 0 unspecified atom stereocenters. The third-order valence-electron chi connectivity index (χ3n) is 6.03. The minimum Gasteiger partial charge on any atom is -0.460 e. The number of piperazine rings is 1. The molecule has 8 nitrogen and oxygen atoms in total. The van der Waals surface area contributed by atoms with E-state index < -0.39 is 0 Å². The second-order valence-electron chi connectivity index (χ2n) is 7.63. The smallest absolute Gasteiger partial charge is 0.270 e. The van der Waals surface area contributed by atoms with Crippen molar-refractivity contribution in [3.05, 3.63) is 24.2 Å². The van der Waals surface area contributed by atoms with Crippen LogP contribution in [0.15, 0.2) is 22.9 Å². The molecule has 2 amide bonds. The molecule has 27 heavy (non-hydrogen) atoms. The van der Waals surface area contributed by atoms with Crippen LogP contribution in [0.3, 0.4) is 0 Å². The molecule has 2 aromatic rings. The Bertz CT molecular complexity index is 887. The molecule has 4 saturated heterocycles. The summed E-state index contributed by atoms with van der Waals surface area (Å²) in [5, 5.41) is 6.98. The zero-order valence-electron chi connectivity index (χ0n) is 15.1. The van der Waals surface area contributed by atoms with E-state index in [0.717, 1.165) is 44.4 Å². The lowest BCUT2D eigenvalue weighted by Gasteiger charge is -2.44. The first-order valence-corrected chi connectivity index (χ1v) is 9.60.